The molecule has 4 heteroatoms. The Morgan fingerprint density at radius 2 is 1.85 bits per heavy atom. The first-order chi connectivity index (χ1) is 9.65. The Morgan fingerprint density at radius 1 is 1.15 bits per heavy atom. The number of hydrogen-bond acceptors (Lipinski definition) is 4. The maximum atomic E-state index is 4.72. The molecule has 2 N–H and O–H groups in total. The lowest BCUT2D eigenvalue weighted by molar-refractivity contribution is 0.687. The second-order valence-corrected chi connectivity index (χ2v) is 5.91. The molecule has 112 valence electrons. The van der Waals surface area contributed by atoms with Crippen molar-refractivity contribution in [2.24, 2.45) is 5.92 Å². The van der Waals surface area contributed by atoms with Gasteiger partial charge in [0.25, 0.3) is 0 Å². The standard InChI is InChI=1S/C16H28N4/c1-5-7-14-19-15(17-10-6-2)11(3)16(20-14)18-12(4)13-8-9-13/h12-13H,5-10H2,1-4H3,(H2,17,18,19,20). The van der Waals surface area contributed by atoms with E-state index in [-0.39, 0.29) is 0 Å². The lowest BCUT2D eigenvalue weighted by atomic mass is 10.2. The molecule has 2 rings (SSSR count). The summed E-state index contributed by atoms with van der Waals surface area (Å²) in [5, 5.41) is 7.03. The highest BCUT2D eigenvalue weighted by Crippen LogP contribution is 2.34. The summed E-state index contributed by atoms with van der Waals surface area (Å²) < 4.78 is 0. The van der Waals surface area contributed by atoms with Crippen molar-refractivity contribution in [2.45, 2.75) is 65.8 Å². The van der Waals surface area contributed by atoms with E-state index in [1.807, 2.05) is 0 Å². The monoisotopic (exact) mass is 276 g/mol. The molecule has 1 aromatic rings. The number of nitrogens with zero attached hydrogens (tertiary/aromatic N) is 2. The normalized spacial score (nSPS) is 16.0. The van der Waals surface area contributed by atoms with Crippen LogP contribution in [0.4, 0.5) is 11.6 Å². The second kappa shape index (κ2) is 6.91. The van der Waals surface area contributed by atoms with E-state index in [1.165, 1.54) is 12.8 Å². The molecule has 0 aromatic carbocycles. The number of hydrogen-bond donors (Lipinski definition) is 2. The predicted octanol–water partition coefficient (Wildman–Crippen LogP) is 3.77. The Kier molecular flexibility index (Phi) is 5.21. The minimum atomic E-state index is 0.511. The lowest BCUT2D eigenvalue weighted by Crippen LogP contribution is -2.20. The highest BCUT2D eigenvalue weighted by Gasteiger charge is 2.28. The molecule has 1 atom stereocenters. The van der Waals surface area contributed by atoms with Crippen LogP contribution in [0.3, 0.4) is 0 Å². The molecule has 1 unspecified atom stereocenters. The third kappa shape index (κ3) is 3.84. The van der Waals surface area contributed by atoms with Crippen LogP contribution >= 0.6 is 0 Å². The summed E-state index contributed by atoms with van der Waals surface area (Å²) in [6, 6.07) is 0.511. The van der Waals surface area contributed by atoms with Crippen LogP contribution in [0, 0.1) is 12.8 Å². The molecule has 0 bridgehead atoms. The minimum absolute atomic E-state index is 0.511. The highest BCUT2D eigenvalue weighted by atomic mass is 15.1. The van der Waals surface area contributed by atoms with Crippen LogP contribution in [0.15, 0.2) is 0 Å². The second-order valence-electron chi connectivity index (χ2n) is 5.91. The van der Waals surface area contributed by atoms with E-state index in [0.29, 0.717) is 6.04 Å². The summed E-state index contributed by atoms with van der Waals surface area (Å²) in [5.74, 6) is 3.78. The van der Waals surface area contributed by atoms with Gasteiger partial charge in [0.05, 0.1) is 0 Å². The Labute approximate surface area is 122 Å². The maximum Gasteiger partial charge on any atom is 0.134 e. The third-order valence-corrected chi connectivity index (χ3v) is 3.90. The fraction of sp³-hybridized carbons (Fsp3) is 0.750. The van der Waals surface area contributed by atoms with Crippen molar-refractivity contribution in [1.82, 2.24) is 9.97 Å². The van der Waals surface area contributed by atoms with Crippen molar-refractivity contribution < 1.29 is 0 Å². The van der Waals surface area contributed by atoms with Gasteiger partial charge >= 0.3 is 0 Å². The van der Waals surface area contributed by atoms with Gasteiger partial charge in [0.1, 0.15) is 17.5 Å². The van der Waals surface area contributed by atoms with Crippen molar-refractivity contribution in [1.29, 1.82) is 0 Å². The summed E-state index contributed by atoms with van der Waals surface area (Å²) in [4.78, 5) is 9.38. The zero-order valence-corrected chi connectivity index (χ0v) is 13.3. The molecule has 20 heavy (non-hydrogen) atoms. The van der Waals surface area contributed by atoms with E-state index in [2.05, 4.69) is 43.3 Å². The quantitative estimate of drug-likeness (QED) is 0.759. The van der Waals surface area contributed by atoms with Crippen LogP contribution in [0.1, 0.15) is 57.8 Å². The fourth-order valence-electron chi connectivity index (χ4n) is 2.38. The van der Waals surface area contributed by atoms with Crippen LogP contribution in [0.2, 0.25) is 0 Å². The van der Waals surface area contributed by atoms with Crippen LogP contribution in [0.5, 0.6) is 0 Å². The first-order valence-corrected chi connectivity index (χ1v) is 8.03. The van der Waals surface area contributed by atoms with Gasteiger partial charge in [-0.1, -0.05) is 13.8 Å². The van der Waals surface area contributed by atoms with Crippen LogP contribution in [-0.4, -0.2) is 22.6 Å². The topological polar surface area (TPSA) is 49.8 Å². The van der Waals surface area contributed by atoms with Gasteiger partial charge in [-0.15, -0.1) is 0 Å². The van der Waals surface area contributed by atoms with Gasteiger partial charge in [0.2, 0.25) is 0 Å². The van der Waals surface area contributed by atoms with Crippen molar-refractivity contribution in [3.05, 3.63) is 11.4 Å². The van der Waals surface area contributed by atoms with Gasteiger partial charge in [-0.25, -0.2) is 9.97 Å². The predicted molar refractivity (Wildman–Crippen MR) is 85.4 cm³/mol. The fourth-order valence-corrected chi connectivity index (χ4v) is 2.38. The lowest BCUT2D eigenvalue weighted by Gasteiger charge is -2.18. The van der Waals surface area contributed by atoms with Crippen LogP contribution in [0.25, 0.3) is 0 Å². The van der Waals surface area contributed by atoms with Gasteiger partial charge in [-0.3, -0.25) is 0 Å². The third-order valence-electron chi connectivity index (χ3n) is 3.90. The van der Waals surface area contributed by atoms with E-state index in [4.69, 9.17) is 4.98 Å². The number of nitrogens with one attached hydrogen (secondary N) is 2. The molecular formula is C16H28N4. The zero-order valence-electron chi connectivity index (χ0n) is 13.3. The average Bonchev–Trinajstić information content (AvgIpc) is 3.25. The highest BCUT2D eigenvalue weighted by molar-refractivity contribution is 5.57. The molecule has 0 radical (unpaired) electrons. The minimum Gasteiger partial charge on any atom is -0.370 e. The molecule has 1 aliphatic carbocycles. The largest absolute Gasteiger partial charge is 0.370 e. The summed E-state index contributed by atoms with van der Waals surface area (Å²) >= 11 is 0. The van der Waals surface area contributed by atoms with Crippen LogP contribution in [-0.2, 0) is 6.42 Å². The van der Waals surface area contributed by atoms with E-state index in [0.717, 1.165) is 54.7 Å². The molecule has 1 fully saturated rings. The molecular weight excluding hydrogens is 248 g/mol. The Hall–Kier alpha value is -1.32. The molecule has 1 saturated carbocycles. The summed E-state index contributed by atoms with van der Waals surface area (Å²) in [7, 11) is 0. The zero-order chi connectivity index (χ0) is 14.5. The molecule has 0 aliphatic heterocycles. The van der Waals surface area contributed by atoms with Crippen molar-refractivity contribution in [2.75, 3.05) is 17.2 Å². The summed E-state index contributed by atoms with van der Waals surface area (Å²) in [5.41, 5.74) is 1.14. The van der Waals surface area contributed by atoms with E-state index >= 15 is 0 Å². The number of aromatic nitrogens is 2. The number of anilines is 2. The molecule has 1 aromatic heterocycles. The molecule has 1 aliphatic rings. The summed E-state index contributed by atoms with van der Waals surface area (Å²) in [6.07, 6.45) is 5.82. The molecule has 4 nitrogen and oxygen atoms in total. The number of rotatable bonds is 8. The van der Waals surface area contributed by atoms with Crippen molar-refractivity contribution >= 4 is 11.6 Å². The first-order valence-electron chi connectivity index (χ1n) is 8.03. The van der Waals surface area contributed by atoms with Crippen molar-refractivity contribution in [3.8, 4) is 0 Å². The average molecular weight is 276 g/mol. The van der Waals surface area contributed by atoms with Crippen molar-refractivity contribution in [3.63, 3.8) is 0 Å². The van der Waals surface area contributed by atoms with Gasteiger partial charge in [-0.2, -0.15) is 0 Å². The van der Waals surface area contributed by atoms with Gasteiger partial charge in [-0.05, 0) is 45.4 Å². The van der Waals surface area contributed by atoms with Gasteiger partial charge in [0.15, 0.2) is 0 Å². The number of aryl methyl sites for hydroxylation is 1. The van der Waals surface area contributed by atoms with Crippen LogP contribution < -0.4 is 10.6 Å². The Morgan fingerprint density at radius 3 is 2.45 bits per heavy atom. The van der Waals surface area contributed by atoms with E-state index in [9.17, 15) is 0 Å². The maximum absolute atomic E-state index is 4.72. The summed E-state index contributed by atoms with van der Waals surface area (Å²) in [6.45, 7) is 9.67. The van der Waals surface area contributed by atoms with Gasteiger partial charge < -0.3 is 10.6 Å². The smallest absolute Gasteiger partial charge is 0.134 e. The van der Waals surface area contributed by atoms with Gasteiger partial charge in [0, 0.05) is 24.6 Å². The Bertz CT molecular complexity index is 440. The molecule has 1 heterocycles. The molecule has 0 saturated heterocycles. The SMILES string of the molecule is CCCNc1nc(CCC)nc(NC(C)C2CC2)c1C. The first kappa shape index (κ1) is 15.1. The Balaban J connectivity index is 2.19. The molecule has 0 spiro atoms. The van der Waals surface area contributed by atoms with E-state index < -0.39 is 0 Å². The van der Waals surface area contributed by atoms with E-state index in [1.54, 1.807) is 0 Å². The molecule has 0 amide bonds.